The number of hydrogen-bond acceptors (Lipinski definition) is 4. The second-order valence-corrected chi connectivity index (χ2v) is 7.89. The minimum atomic E-state index is -0.0230. The number of allylic oxidation sites excluding steroid dienone is 2. The molecule has 0 amide bonds. The van der Waals surface area contributed by atoms with Gasteiger partial charge in [0, 0.05) is 5.25 Å². The molecule has 0 spiro atoms. The van der Waals surface area contributed by atoms with Gasteiger partial charge in [-0.3, -0.25) is 9.36 Å². The predicted octanol–water partition coefficient (Wildman–Crippen LogP) is 4.14. The van der Waals surface area contributed by atoms with Crippen LogP contribution in [0.3, 0.4) is 0 Å². The lowest BCUT2D eigenvalue weighted by Gasteiger charge is -2.16. The number of thioether (sulfide) groups is 1. The Balaban J connectivity index is 2.04. The number of aromatic nitrogens is 3. The van der Waals surface area contributed by atoms with E-state index in [9.17, 15) is 4.79 Å². The predicted molar refractivity (Wildman–Crippen MR) is 99.3 cm³/mol. The Morgan fingerprint density at radius 3 is 2.62 bits per heavy atom. The van der Waals surface area contributed by atoms with Crippen molar-refractivity contribution in [3.8, 4) is 0 Å². The molecule has 0 saturated heterocycles. The molecule has 0 atom stereocenters. The van der Waals surface area contributed by atoms with Gasteiger partial charge in [-0.2, -0.15) is 0 Å². The monoisotopic (exact) mass is 341 g/mol. The van der Waals surface area contributed by atoms with Crippen molar-refractivity contribution in [3.05, 3.63) is 58.0 Å². The Morgan fingerprint density at radius 1 is 1.17 bits per heavy atom. The topological polar surface area (TPSA) is 47.8 Å². The summed E-state index contributed by atoms with van der Waals surface area (Å²) in [6.07, 6.45) is 6.41. The van der Waals surface area contributed by atoms with Crippen molar-refractivity contribution in [2.75, 3.05) is 0 Å². The molecule has 0 fully saturated rings. The van der Waals surface area contributed by atoms with Gasteiger partial charge in [-0.05, 0) is 36.8 Å². The highest BCUT2D eigenvalue weighted by molar-refractivity contribution is 7.99. The molecule has 0 radical (unpaired) electrons. The van der Waals surface area contributed by atoms with Gasteiger partial charge in [-0.15, -0.1) is 10.2 Å². The zero-order valence-electron chi connectivity index (χ0n) is 14.2. The van der Waals surface area contributed by atoms with Gasteiger partial charge in [0.25, 0.3) is 5.56 Å². The Kier molecular flexibility index (Phi) is 5.51. The summed E-state index contributed by atoms with van der Waals surface area (Å²) in [4.78, 5) is 13.1. The lowest BCUT2D eigenvalue weighted by atomic mass is 9.97. The molecule has 3 rings (SSSR count). The molecular formula is C19H23N3OS. The van der Waals surface area contributed by atoms with E-state index in [2.05, 4.69) is 30.1 Å². The van der Waals surface area contributed by atoms with Crippen LogP contribution in [-0.4, -0.2) is 20.0 Å². The Labute approximate surface area is 147 Å². The number of rotatable bonds is 5. The van der Waals surface area contributed by atoms with Gasteiger partial charge in [-0.25, -0.2) is 0 Å². The van der Waals surface area contributed by atoms with Crippen molar-refractivity contribution in [2.24, 2.45) is 0 Å². The first-order valence-corrected chi connectivity index (χ1v) is 9.40. The first-order chi connectivity index (χ1) is 11.6. The molecule has 0 unspecified atom stereocenters. The van der Waals surface area contributed by atoms with Crippen molar-refractivity contribution in [1.82, 2.24) is 14.8 Å². The molecule has 1 aliphatic carbocycles. The molecule has 2 aromatic rings. The third kappa shape index (κ3) is 3.96. The SMILES string of the molecule is CC(C)Sc1nnc(C2=CCCCC2)c(=O)n1Cc1ccccc1. The van der Waals surface area contributed by atoms with Crippen molar-refractivity contribution >= 4 is 17.3 Å². The molecular weight excluding hydrogens is 318 g/mol. The van der Waals surface area contributed by atoms with E-state index in [-0.39, 0.29) is 5.56 Å². The Bertz CT molecular complexity index is 781. The molecule has 4 nitrogen and oxygen atoms in total. The molecule has 1 aromatic heterocycles. The van der Waals surface area contributed by atoms with Gasteiger partial charge in [0.1, 0.15) is 0 Å². The van der Waals surface area contributed by atoms with Gasteiger partial charge in [0.15, 0.2) is 10.9 Å². The van der Waals surface area contributed by atoms with E-state index in [4.69, 9.17) is 0 Å². The Hall–Kier alpha value is -1.88. The largest absolute Gasteiger partial charge is 0.280 e. The summed E-state index contributed by atoms with van der Waals surface area (Å²) in [5.74, 6) is 0. The van der Waals surface area contributed by atoms with Crippen molar-refractivity contribution in [2.45, 2.75) is 56.5 Å². The van der Waals surface area contributed by atoms with Crippen molar-refractivity contribution < 1.29 is 0 Å². The third-order valence-corrected chi connectivity index (χ3v) is 5.02. The summed E-state index contributed by atoms with van der Waals surface area (Å²) in [6.45, 7) is 4.73. The fourth-order valence-corrected chi connectivity index (χ4v) is 3.65. The molecule has 0 aliphatic heterocycles. The summed E-state index contributed by atoms with van der Waals surface area (Å²) in [6, 6.07) is 10.1. The minimum Gasteiger partial charge on any atom is -0.280 e. The van der Waals surface area contributed by atoms with E-state index in [1.807, 2.05) is 30.3 Å². The normalized spacial score (nSPS) is 14.7. The highest BCUT2D eigenvalue weighted by Gasteiger charge is 2.18. The van der Waals surface area contributed by atoms with Gasteiger partial charge >= 0.3 is 0 Å². The summed E-state index contributed by atoms with van der Waals surface area (Å²) < 4.78 is 1.78. The van der Waals surface area contributed by atoms with Crippen LogP contribution in [0.2, 0.25) is 0 Å². The zero-order chi connectivity index (χ0) is 16.9. The fraction of sp³-hybridized carbons (Fsp3) is 0.421. The molecule has 1 aliphatic rings. The second kappa shape index (κ2) is 7.79. The van der Waals surface area contributed by atoms with Crippen LogP contribution in [-0.2, 0) is 6.54 Å². The average molecular weight is 341 g/mol. The van der Waals surface area contributed by atoms with Gasteiger partial charge in [0.05, 0.1) is 6.54 Å². The van der Waals surface area contributed by atoms with E-state index in [1.165, 1.54) is 6.42 Å². The number of nitrogens with zero attached hydrogens (tertiary/aromatic N) is 3. The van der Waals surface area contributed by atoms with Gasteiger partial charge in [-0.1, -0.05) is 62.0 Å². The standard InChI is InChI=1S/C19H23N3OS/c1-14(2)24-19-21-20-17(16-11-7-4-8-12-16)18(23)22(19)13-15-9-5-3-6-10-15/h3,5-6,9-11,14H,4,7-8,12-13H2,1-2H3. The highest BCUT2D eigenvalue weighted by atomic mass is 32.2. The summed E-state index contributed by atoms with van der Waals surface area (Å²) in [5.41, 5.74) is 2.66. The summed E-state index contributed by atoms with van der Waals surface area (Å²) in [7, 11) is 0. The molecule has 0 saturated carbocycles. The first-order valence-electron chi connectivity index (χ1n) is 8.52. The smallest absolute Gasteiger partial charge is 0.280 e. The third-order valence-electron chi connectivity index (χ3n) is 4.03. The highest BCUT2D eigenvalue weighted by Crippen LogP contribution is 2.25. The van der Waals surface area contributed by atoms with Crippen LogP contribution < -0.4 is 5.56 Å². The number of benzene rings is 1. The Morgan fingerprint density at radius 2 is 1.96 bits per heavy atom. The van der Waals surface area contributed by atoms with Gasteiger partial charge < -0.3 is 0 Å². The van der Waals surface area contributed by atoms with Crippen LogP contribution in [0.4, 0.5) is 0 Å². The van der Waals surface area contributed by atoms with Crippen LogP contribution in [0, 0.1) is 0 Å². The van der Waals surface area contributed by atoms with E-state index < -0.39 is 0 Å². The van der Waals surface area contributed by atoms with Crippen molar-refractivity contribution in [1.29, 1.82) is 0 Å². The summed E-state index contributed by atoms with van der Waals surface area (Å²) >= 11 is 1.58. The average Bonchev–Trinajstić information content (AvgIpc) is 2.59. The molecule has 1 aromatic carbocycles. The fourth-order valence-electron chi connectivity index (χ4n) is 2.86. The molecule has 5 heteroatoms. The molecule has 126 valence electrons. The maximum absolute atomic E-state index is 13.1. The van der Waals surface area contributed by atoms with Crippen molar-refractivity contribution in [3.63, 3.8) is 0 Å². The lowest BCUT2D eigenvalue weighted by molar-refractivity contribution is 0.602. The van der Waals surface area contributed by atoms with Crippen LogP contribution >= 0.6 is 11.8 Å². The van der Waals surface area contributed by atoms with Crippen LogP contribution in [0.1, 0.15) is 50.8 Å². The minimum absolute atomic E-state index is 0.0230. The molecule has 0 bridgehead atoms. The molecule has 24 heavy (non-hydrogen) atoms. The lowest BCUT2D eigenvalue weighted by Crippen LogP contribution is -2.29. The van der Waals surface area contributed by atoms with Crippen LogP contribution in [0.5, 0.6) is 0 Å². The second-order valence-electron chi connectivity index (χ2n) is 6.35. The molecule has 1 heterocycles. The summed E-state index contributed by atoms with van der Waals surface area (Å²) in [5, 5.41) is 9.71. The maximum Gasteiger partial charge on any atom is 0.280 e. The van der Waals surface area contributed by atoms with Crippen LogP contribution in [0.25, 0.3) is 5.57 Å². The molecule has 0 N–H and O–H groups in total. The van der Waals surface area contributed by atoms with E-state index in [0.29, 0.717) is 22.6 Å². The van der Waals surface area contributed by atoms with E-state index in [1.54, 1.807) is 16.3 Å². The van der Waals surface area contributed by atoms with Gasteiger partial charge in [0.2, 0.25) is 0 Å². The number of hydrogen-bond donors (Lipinski definition) is 0. The van der Waals surface area contributed by atoms with Crippen LogP contribution in [0.15, 0.2) is 46.4 Å². The van der Waals surface area contributed by atoms with E-state index >= 15 is 0 Å². The zero-order valence-corrected chi connectivity index (χ0v) is 15.1. The van der Waals surface area contributed by atoms with E-state index in [0.717, 1.165) is 30.4 Å². The maximum atomic E-state index is 13.1. The first kappa shape index (κ1) is 17.0. The quantitative estimate of drug-likeness (QED) is 0.767.